The number of hydrogen-bond donors (Lipinski definition) is 1. The minimum atomic E-state index is -0.383. The highest BCUT2D eigenvalue weighted by atomic mass is 14.7. The van der Waals surface area contributed by atoms with E-state index in [1.54, 1.807) is 0 Å². The number of hydrogen-bond acceptors (Lipinski definition) is 1. The molecule has 2 aromatic rings. The van der Waals surface area contributed by atoms with Crippen LogP contribution >= 0.6 is 0 Å². The summed E-state index contributed by atoms with van der Waals surface area (Å²) in [6.07, 6.45) is 2.03. The Morgan fingerprint density at radius 1 is 0.947 bits per heavy atom. The highest BCUT2D eigenvalue weighted by Crippen LogP contribution is 2.34. The van der Waals surface area contributed by atoms with E-state index in [2.05, 4.69) is 63.2 Å². The van der Waals surface area contributed by atoms with Gasteiger partial charge >= 0.3 is 0 Å². The van der Waals surface area contributed by atoms with Gasteiger partial charge in [0.2, 0.25) is 0 Å². The first kappa shape index (κ1) is 13.8. The lowest BCUT2D eigenvalue weighted by Crippen LogP contribution is -2.38. The van der Waals surface area contributed by atoms with E-state index in [1.807, 2.05) is 6.07 Å². The number of benzene rings is 2. The van der Waals surface area contributed by atoms with Gasteiger partial charge in [-0.05, 0) is 42.5 Å². The smallest absolute Gasteiger partial charge is 0.0668 e. The van der Waals surface area contributed by atoms with Gasteiger partial charge in [-0.15, -0.1) is 0 Å². The summed E-state index contributed by atoms with van der Waals surface area (Å²) in [5.41, 5.74) is 11.5. The largest absolute Gasteiger partial charge is 0.318 e. The SMILES string of the molecule is CCCC(N)(c1ccccc1)c1cccc(C)c1C. The van der Waals surface area contributed by atoms with Crippen LogP contribution in [0.4, 0.5) is 0 Å². The van der Waals surface area contributed by atoms with Crippen LogP contribution in [0.3, 0.4) is 0 Å². The third-order valence-corrected chi connectivity index (χ3v) is 4.02. The maximum atomic E-state index is 6.82. The van der Waals surface area contributed by atoms with Gasteiger partial charge in [-0.1, -0.05) is 61.9 Å². The van der Waals surface area contributed by atoms with Crippen molar-refractivity contribution in [2.24, 2.45) is 5.73 Å². The highest BCUT2D eigenvalue weighted by molar-refractivity contribution is 5.44. The Balaban J connectivity index is 2.60. The first-order valence-corrected chi connectivity index (χ1v) is 7.00. The Morgan fingerprint density at radius 2 is 1.63 bits per heavy atom. The fourth-order valence-electron chi connectivity index (χ4n) is 2.80. The van der Waals surface area contributed by atoms with Crippen LogP contribution < -0.4 is 5.73 Å². The topological polar surface area (TPSA) is 26.0 Å². The molecule has 1 unspecified atom stereocenters. The summed E-state index contributed by atoms with van der Waals surface area (Å²) in [7, 11) is 0. The predicted octanol–water partition coefficient (Wildman–Crippen LogP) is 4.31. The highest BCUT2D eigenvalue weighted by Gasteiger charge is 2.30. The Bertz CT molecular complexity index is 545. The number of aryl methyl sites for hydroxylation is 1. The summed E-state index contributed by atoms with van der Waals surface area (Å²) in [4.78, 5) is 0. The van der Waals surface area contributed by atoms with E-state index in [4.69, 9.17) is 5.73 Å². The van der Waals surface area contributed by atoms with Crippen LogP contribution in [-0.2, 0) is 5.54 Å². The van der Waals surface area contributed by atoms with Crippen LogP contribution in [0.5, 0.6) is 0 Å². The first-order chi connectivity index (χ1) is 9.09. The first-order valence-electron chi connectivity index (χ1n) is 7.00. The Morgan fingerprint density at radius 3 is 2.26 bits per heavy atom. The third-order valence-electron chi connectivity index (χ3n) is 4.02. The van der Waals surface area contributed by atoms with Crippen molar-refractivity contribution in [2.45, 2.75) is 39.2 Å². The van der Waals surface area contributed by atoms with Crippen molar-refractivity contribution in [3.63, 3.8) is 0 Å². The van der Waals surface area contributed by atoms with Crippen LogP contribution in [-0.4, -0.2) is 0 Å². The summed E-state index contributed by atoms with van der Waals surface area (Å²) in [5, 5.41) is 0. The molecule has 1 heteroatoms. The molecule has 100 valence electrons. The molecule has 0 bridgehead atoms. The zero-order chi connectivity index (χ0) is 13.9. The van der Waals surface area contributed by atoms with E-state index < -0.39 is 0 Å². The molecular formula is C18H23N. The van der Waals surface area contributed by atoms with Crippen LogP contribution in [0.2, 0.25) is 0 Å². The lowest BCUT2D eigenvalue weighted by molar-refractivity contribution is 0.482. The third kappa shape index (κ3) is 2.57. The van der Waals surface area contributed by atoms with Crippen molar-refractivity contribution < 1.29 is 0 Å². The summed E-state index contributed by atoms with van der Waals surface area (Å²) in [5.74, 6) is 0. The van der Waals surface area contributed by atoms with E-state index in [9.17, 15) is 0 Å². The van der Waals surface area contributed by atoms with E-state index in [-0.39, 0.29) is 5.54 Å². The van der Waals surface area contributed by atoms with Crippen molar-refractivity contribution in [1.82, 2.24) is 0 Å². The van der Waals surface area contributed by atoms with Gasteiger partial charge in [-0.3, -0.25) is 0 Å². The van der Waals surface area contributed by atoms with Gasteiger partial charge in [0.25, 0.3) is 0 Å². The van der Waals surface area contributed by atoms with Gasteiger partial charge in [0, 0.05) is 0 Å². The molecule has 19 heavy (non-hydrogen) atoms. The van der Waals surface area contributed by atoms with Crippen LogP contribution in [0.25, 0.3) is 0 Å². The van der Waals surface area contributed by atoms with Gasteiger partial charge in [0.15, 0.2) is 0 Å². The van der Waals surface area contributed by atoms with E-state index in [1.165, 1.54) is 22.3 Å². The lowest BCUT2D eigenvalue weighted by atomic mass is 9.77. The molecule has 1 nitrogen and oxygen atoms in total. The van der Waals surface area contributed by atoms with Gasteiger partial charge < -0.3 is 5.73 Å². The maximum Gasteiger partial charge on any atom is 0.0668 e. The second-order valence-corrected chi connectivity index (χ2v) is 5.33. The summed E-state index contributed by atoms with van der Waals surface area (Å²) in [6.45, 7) is 6.51. The van der Waals surface area contributed by atoms with Gasteiger partial charge in [0.05, 0.1) is 5.54 Å². The molecule has 0 spiro atoms. The Hall–Kier alpha value is -1.60. The minimum absolute atomic E-state index is 0.383. The number of nitrogens with two attached hydrogens (primary N) is 1. The molecule has 0 amide bonds. The summed E-state index contributed by atoms with van der Waals surface area (Å²) >= 11 is 0. The predicted molar refractivity (Wildman–Crippen MR) is 82.2 cm³/mol. The molecule has 0 saturated heterocycles. The molecular weight excluding hydrogens is 230 g/mol. The Kier molecular flexibility index (Phi) is 4.06. The van der Waals surface area contributed by atoms with Gasteiger partial charge in [-0.2, -0.15) is 0 Å². The normalized spacial score (nSPS) is 14.1. The minimum Gasteiger partial charge on any atom is -0.318 e. The van der Waals surface area contributed by atoms with Crippen molar-refractivity contribution in [3.8, 4) is 0 Å². The zero-order valence-corrected chi connectivity index (χ0v) is 12.1. The molecule has 2 N–H and O–H groups in total. The number of rotatable bonds is 4. The molecule has 0 aliphatic heterocycles. The quantitative estimate of drug-likeness (QED) is 0.863. The standard InChI is InChI=1S/C18H23N/c1-4-13-18(19,16-10-6-5-7-11-16)17-12-8-9-14(2)15(17)3/h5-12H,4,13,19H2,1-3H3. The second kappa shape index (κ2) is 5.58. The van der Waals surface area contributed by atoms with Gasteiger partial charge in [0.1, 0.15) is 0 Å². The maximum absolute atomic E-state index is 6.82. The van der Waals surface area contributed by atoms with Crippen LogP contribution in [0, 0.1) is 13.8 Å². The van der Waals surface area contributed by atoms with Crippen molar-refractivity contribution in [3.05, 3.63) is 70.8 Å². The molecule has 1 atom stereocenters. The summed E-state index contributed by atoms with van der Waals surface area (Å²) in [6, 6.07) is 16.9. The fourth-order valence-corrected chi connectivity index (χ4v) is 2.80. The van der Waals surface area contributed by atoms with Crippen molar-refractivity contribution in [2.75, 3.05) is 0 Å². The Labute approximate surface area is 116 Å². The average Bonchev–Trinajstić information content (AvgIpc) is 2.43. The molecule has 2 rings (SSSR count). The monoisotopic (exact) mass is 253 g/mol. The molecule has 0 aliphatic carbocycles. The van der Waals surface area contributed by atoms with E-state index in [0.29, 0.717) is 0 Å². The molecule has 2 aromatic carbocycles. The molecule has 0 saturated carbocycles. The molecule has 0 aliphatic rings. The molecule has 0 aromatic heterocycles. The molecule has 0 fully saturated rings. The second-order valence-electron chi connectivity index (χ2n) is 5.33. The summed E-state index contributed by atoms with van der Waals surface area (Å²) < 4.78 is 0. The molecule has 0 radical (unpaired) electrons. The van der Waals surface area contributed by atoms with E-state index in [0.717, 1.165) is 12.8 Å². The lowest BCUT2D eigenvalue weighted by Gasteiger charge is -2.32. The molecule has 0 heterocycles. The van der Waals surface area contributed by atoms with E-state index >= 15 is 0 Å². The van der Waals surface area contributed by atoms with Crippen molar-refractivity contribution >= 4 is 0 Å². The zero-order valence-electron chi connectivity index (χ0n) is 12.1. The van der Waals surface area contributed by atoms with Gasteiger partial charge in [-0.25, -0.2) is 0 Å². The fraction of sp³-hybridized carbons (Fsp3) is 0.333. The average molecular weight is 253 g/mol. The van der Waals surface area contributed by atoms with Crippen molar-refractivity contribution in [1.29, 1.82) is 0 Å². The van der Waals surface area contributed by atoms with Crippen LogP contribution in [0.1, 0.15) is 42.0 Å². The van der Waals surface area contributed by atoms with Crippen LogP contribution in [0.15, 0.2) is 48.5 Å².